The Morgan fingerprint density at radius 1 is 1.40 bits per heavy atom. The molecule has 0 aromatic rings. The average Bonchev–Trinajstić information content (AvgIpc) is 1.85. The van der Waals surface area contributed by atoms with Gasteiger partial charge in [0.1, 0.15) is 0 Å². The molecule has 0 aromatic heterocycles. The maximum atomic E-state index is 5.27. The summed E-state index contributed by atoms with van der Waals surface area (Å²) in [6.45, 7) is 8.91. The summed E-state index contributed by atoms with van der Waals surface area (Å²) in [5.74, 6) is 5.49. The third-order valence-corrected chi connectivity index (χ3v) is 0.784. The highest BCUT2D eigenvalue weighted by molar-refractivity contribution is 5.37. The molecule has 0 saturated heterocycles. The molecule has 0 spiro atoms. The van der Waals surface area contributed by atoms with E-state index in [9.17, 15) is 0 Å². The van der Waals surface area contributed by atoms with Gasteiger partial charge in [-0.15, -0.1) is 5.92 Å². The van der Waals surface area contributed by atoms with Crippen LogP contribution in [0.5, 0.6) is 0 Å². The fraction of sp³-hybridized carbons (Fsp3) is 0.111. The Kier molecular flexibility index (Phi) is 3.83. The number of hydrogen-bond donors (Lipinski definition) is 1. The highest BCUT2D eigenvalue weighted by Gasteiger charge is 1.77. The summed E-state index contributed by atoms with van der Waals surface area (Å²) in [6, 6.07) is 0. The molecule has 0 saturated carbocycles. The molecule has 1 nitrogen and oxygen atoms in total. The van der Waals surface area contributed by atoms with Crippen LogP contribution in [-0.4, -0.2) is 0 Å². The molecule has 10 heavy (non-hydrogen) atoms. The highest BCUT2D eigenvalue weighted by Crippen LogP contribution is 1.91. The van der Waals surface area contributed by atoms with Gasteiger partial charge in [-0.1, -0.05) is 19.1 Å². The van der Waals surface area contributed by atoms with E-state index < -0.39 is 0 Å². The topological polar surface area (TPSA) is 26.0 Å². The van der Waals surface area contributed by atoms with Gasteiger partial charge in [-0.25, -0.2) is 0 Å². The van der Waals surface area contributed by atoms with E-state index in [1.807, 2.05) is 0 Å². The third-order valence-electron chi connectivity index (χ3n) is 0.784. The number of hydrogen-bond acceptors (Lipinski definition) is 1. The quantitative estimate of drug-likeness (QED) is 0.449. The van der Waals surface area contributed by atoms with Crippen LogP contribution in [0.15, 0.2) is 36.6 Å². The van der Waals surface area contributed by atoms with Crippen molar-refractivity contribution in [1.29, 1.82) is 0 Å². The van der Waals surface area contributed by atoms with Crippen LogP contribution in [0.3, 0.4) is 0 Å². The molecule has 0 aromatic carbocycles. The molecule has 2 N–H and O–H groups in total. The summed E-state index contributed by atoms with van der Waals surface area (Å²) < 4.78 is 0. The summed E-state index contributed by atoms with van der Waals surface area (Å²) in [6.07, 6.45) is 3.41. The van der Waals surface area contributed by atoms with Crippen LogP contribution >= 0.6 is 0 Å². The molecule has 0 aliphatic carbocycles. The zero-order valence-corrected chi connectivity index (χ0v) is 6.15. The van der Waals surface area contributed by atoms with Crippen LogP contribution in [0, 0.1) is 11.8 Å². The van der Waals surface area contributed by atoms with Gasteiger partial charge in [0.25, 0.3) is 0 Å². The third kappa shape index (κ3) is 4.73. The van der Waals surface area contributed by atoms with Crippen molar-refractivity contribution in [3.8, 4) is 11.8 Å². The minimum atomic E-state index is 0.513. The lowest BCUT2D eigenvalue weighted by Gasteiger charge is -1.85. The van der Waals surface area contributed by atoms with E-state index in [1.165, 1.54) is 0 Å². The lowest BCUT2D eigenvalue weighted by atomic mass is 10.2. The Bertz CT molecular complexity index is 223. The molecule has 0 unspecified atom stereocenters. The van der Waals surface area contributed by atoms with Gasteiger partial charge in [0.2, 0.25) is 0 Å². The molecular formula is C9H11N. The monoisotopic (exact) mass is 133 g/mol. The van der Waals surface area contributed by atoms with E-state index >= 15 is 0 Å². The second-order valence-corrected chi connectivity index (χ2v) is 1.81. The SMILES string of the molecule is C=C(N)/C=C\C(=C)C#CC. The predicted molar refractivity (Wildman–Crippen MR) is 45.1 cm³/mol. The van der Waals surface area contributed by atoms with E-state index in [4.69, 9.17) is 5.73 Å². The summed E-state index contributed by atoms with van der Waals surface area (Å²) >= 11 is 0. The zero-order valence-electron chi connectivity index (χ0n) is 6.15. The van der Waals surface area contributed by atoms with E-state index in [2.05, 4.69) is 25.0 Å². The molecule has 0 rings (SSSR count). The molecule has 0 atom stereocenters. The molecule has 52 valence electrons. The summed E-state index contributed by atoms with van der Waals surface area (Å²) in [7, 11) is 0. The normalized spacial score (nSPS) is 8.50. The standard InChI is InChI=1S/C9H11N/c1-4-5-8(2)6-7-9(3)10/h6-7H,2-3,10H2,1H3/b7-6-. The maximum Gasteiger partial charge on any atom is 0.0241 e. The van der Waals surface area contributed by atoms with Crippen LogP contribution in [0.25, 0.3) is 0 Å². The van der Waals surface area contributed by atoms with Crippen LogP contribution in [0.1, 0.15) is 6.92 Å². The van der Waals surface area contributed by atoms with E-state index in [0.717, 1.165) is 5.57 Å². The molecule has 0 aliphatic rings. The zero-order chi connectivity index (χ0) is 7.98. The van der Waals surface area contributed by atoms with Gasteiger partial charge in [-0.3, -0.25) is 0 Å². The van der Waals surface area contributed by atoms with Gasteiger partial charge in [-0.2, -0.15) is 0 Å². The molecule has 0 bridgehead atoms. The van der Waals surface area contributed by atoms with Gasteiger partial charge in [0.05, 0.1) is 0 Å². The minimum Gasteiger partial charge on any atom is -0.399 e. The Labute approximate surface area is 61.9 Å². The fourth-order valence-corrected chi connectivity index (χ4v) is 0.410. The summed E-state index contributed by atoms with van der Waals surface area (Å²) in [5, 5.41) is 0. The molecule has 0 radical (unpaired) electrons. The highest BCUT2D eigenvalue weighted by atomic mass is 14.5. The van der Waals surface area contributed by atoms with Crippen LogP contribution in [0.4, 0.5) is 0 Å². The van der Waals surface area contributed by atoms with Gasteiger partial charge in [0.15, 0.2) is 0 Å². The predicted octanol–water partition coefficient (Wildman–Crippen LogP) is 1.59. The first-order chi connectivity index (χ1) is 4.66. The number of allylic oxidation sites excluding steroid dienone is 3. The van der Waals surface area contributed by atoms with Crippen molar-refractivity contribution in [2.24, 2.45) is 5.73 Å². The van der Waals surface area contributed by atoms with Gasteiger partial charge < -0.3 is 5.73 Å². The maximum absolute atomic E-state index is 5.27. The van der Waals surface area contributed by atoms with Crippen molar-refractivity contribution in [1.82, 2.24) is 0 Å². The molecule has 1 heteroatoms. The average molecular weight is 133 g/mol. The second-order valence-electron chi connectivity index (χ2n) is 1.81. The van der Waals surface area contributed by atoms with Crippen LogP contribution < -0.4 is 5.73 Å². The van der Waals surface area contributed by atoms with Crippen LogP contribution in [-0.2, 0) is 0 Å². The lowest BCUT2D eigenvalue weighted by Crippen LogP contribution is -1.88. The molecule has 0 aliphatic heterocycles. The Morgan fingerprint density at radius 2 is 2.00 bits per heavy atom. The van der Waals surface area contributed by atoms with E-state index in [1.54, 1.807) is 19.1 Å². The Balaban J connectivity index is 3.99. The van der Waals surface area contributed by atoms with Crippen molar-refractivity contribution in [2.45, 2.75) is 6.92 Å². The molecular weight excluding hydrogens is 122 g/mol. The van der Waals surface area contributed by atoms with Gasteiger partial charge in [-0.05, 0) is 19.1 Å². The van der Waals surface area contributed by atoms with Gasteiger partial charge in [0, 0.05) is 11.3 Å². The summed E-state index contributed by atoms with van der Waals surface area (Å²) in [5.41, 5.74) is 6.52. The Morgan fingerprint density at radius 3 is 2.40 bits per heavy atom. The largest absolute Gasteiger partial charge is 0.399 e. The first kappa shape index (κ1) is 8.58. The van der Waals surface area contributed by atoms with Crippen molar-refractivity contribution in [3.63, 3.8) is 0 Å². The van der Waals surface area contributed by atoms with E-state index in [0.29, 0.717) is 5.70 Å². The molecule has 0 amide bonds. The lowest BCUT2D eigenvalue weighted by molar-refractivity contribution is 1.45. The first-order valence-electron chi connectivity index (χ1n) is 2.91. The first-order valence-corrected chi connectivity index (χ1v) is 2.91. The number of rotatable bonds is 2. The summed E-state index contributed by atoms with van der Waals surface area (Å²) in [4.78, 5) is 0. The van der Waals surface area contributed by atoms with Crippen molar-refractivity contribution in [3.05, 3.63) is 36.6 Å². The molecule has 0 heterocycles. The molecule has 0 fully saturated rings. The van der Waals surface area contributed by atoms with E-state index in [-0.39, 0.29) is 0 Å². The second kappa shape index (κ2) is 4.46. The smallest absolute Gasteiger partial charge is 0.0241 e. The Hall–Kier alpha value is -1.42. The van der Waals surface area contributed by atoms with Crippen molar-refractivity contribution >= 4 is 0 Å². The van der Waals surface area contributed by atoms with Crippen LogP contribution in [0.2, 0.25) is 0 Å². The van der Waals surface area contributed by atoms with Crippen molar-refractivity contribution < 1.29 is 0 Å². The van der Waals surface area contributed by atoms with Crippen molar-refractivity contribution in [2.75, 3.05) is 0 Å². The number of nitrogens with two attached hydrogens (primary N) is 1. The fourth-order valence-electron chi connectivity index (χ4n) is 0.410. The minimum absolute atomic E-state index is 0.513. The van der Waals surface area contributed by atoms with Gasteiger partial charge >= 0.3 is 0 Å².